The van der Waals surface area contributed by atoms with Crippen molar-refractivity contribution in [2.45, 2.75) is 38.3 Å². The average molecular weight is 251 g/mol. The molecule has 1 aromatic rings. The molecule has 1 N–H and O–H groups in total. The van der Waals surface area contributed by atoms with Gasteiger partial charge in [-0.2, -0.15) is 11.8 Å². The summed E-state index contributed by atoms with van der Waals surface area (Å²) in [6.07, 6.45) is 9.26. The van der Waals surface area contributed by atoms with Gasteiger partial charge in [0.05, 0.1) is 0 Å². The van der Waals surface area contributed by atoms with Gasteiger partial charge in [0.2, 0.25) is 0 Å². The molecule has 0 saturated carbocycles. The van der Waals surface area contributed by atoms with Crippen LogP contribution in [-0.2, 0) is 13.0 Å². The van der Waals surface area contributed by atoms with Crippen molar-refractivity contribution in [3.63, 3.8) is 0 Å². The number of aryl methyl sites for hydroxylation is 1. The summed E-state index contributed by atoms with van der Waals surface area (Å²) in [6.45, 7) is 2.34. The van der Waals surface area contributed by atoms with Crippen LogP contribution in [0.1, 0.15) is 25.1 Å². The van der Waals surface area contributed by atoms with E-state index in [9.17, 15) is 0 Å². The fraction of sp³-hybridized carbons (Fsp3) is 0.769. The predicted molar refractivity (Wildman–Crippen MR) is 72.4 cm³/mol. The Labute approximate surface area is 107 Å². The first kappa shape index (κ1) is 11.6. The highest BCUT2D eigenvalue weighted by molar-refractivity contribution is 7.99. The highest BCUT2D eigenvalue weighted by Gasteiger charge is 2.20. The van der Waals surface area contributed by atoms with Crippen LogP contribution in [0.25, 0.3) is 0 Å². The van der Waals surface area contributed by atoms with E-state index in [1.165, 1.54) is 43.1 Å². The van der Waals surface area contributed by atoms with Crippen molar-refractivity contribution < 1.29 is 0 Å². The molecule has 1 saturated heterocycles. The second kappa shape index (κ2) is 5.44. The first-order valence-electron chi connectivity index (χ1n) is 6.73. The van der Waals surface area contributed by atoms with Gasteiger partial charge in [-0.1, -0.05) is 0 Å². The highest BCUT2D eigenvalue weighted by atomic mass is 32.2. The Hall–Kier alpha value is -0.480. The van der Waals surface area contributed by atoms with Crippen molar-refractivity contribution in [2.24, 2.45) is 5.92 Å². The van der Waals surface area contributed by atoms with Crippen LogP contribution in [0.5, 0.6) is 0 Å². The molecule has 0 amide bonds. The second-order valence-corrected chi connectivity index (χ2v) is 6.37. The molecule has 3 heterocycles. The molecular weight excluding hydrogens is 230 g/mol. The molecule has 1 fully saturated rings. The van der Waals surface area contributed by atoms with Gasteiger partial charge in [0.25, 0.3) is 0 Å². The van der Waals surface area contributed by atoms with E-state index in [2.05, 4.69) is 32.8 Å². The lowest BCUT2D eigenvalue weighted by Gasteiger charge is -2.28. The Kier molecular flexibility index (Phi) is 3.71. The van der Waals surface area contributed by atoms with E-state index in [4.69, 9.17) is 0 Å². The third kappa shape index (κ3) is 2.86. The van der Waals surface area contributed by atoms with Crippen molar-refractivity contribution in [3.05, 3.63) is 18.2 Å². The first-order chi connectivity index (χ1) is 8.42. The number of thioether (sulfide) groups is 1. The lowest BCUT2D eigenvalue weighted by atomic mass is 9.99. The Morgan fingerprint density at radius 1 is 1.47 bits per heavy atom. The highest BCUT2D eigenvalue weighted by Crippen LogP contribution is 2.20. The van der Waals surface area contributed by atoms with Crippen molar-refractivity contribution in [1.82, 2.24) is 14.9 Å². The Morgan fingerprint density at radius 2 is 2.47 bits per heavy atom. The van der Waals surface area contributed by atoms with Crippen LogP contribution in [0.15, 0.2) is 12.4 Å². The maximum absolute atomic E-state index is 4.38. The number of nitrogens with one attached hydrogen (secondary N) is 1. The molecule has 0 bridgehead atoms. The lowest BCUT2D eigenvalue weighted by molar-refractivity contribution is 0.331. The third-order valence-electron chi connectivity index (χ3n) is 3.89. The zero-order valence-electron chi connectivity index (χ0n) is 10.3. The summed E-state index contributed by atoms with van der Waals surface area (Å²) in [6, 6.07) is 0.762. The zero-order chi connectivity index (χ0) is 11.5. The number of aromatic nitrogens is 2. The Balaban J connectivity index is 1.47. The molecule has 4 heteroatoms. The summed E-state index contributed by atoms with van der Waals surface area (Å²) in [4.78, 5) is 4.38. The van der Waals surface area contributed by atoms with Gasteiger partial charge in [-0.3, -0.25) is 0 Å². The largest absolute Gasteiger partial charge is 0.335 e. The number of rotatable bonds is 3. The average Bonchev–Trinajstić information content (AvgIpc) is 2.85. The van der Waals surface area contributed by atoms with E-state index in [0.717, 1.165) is 24.9 Å². The minimum absolute atomic E-state index is 0.762. The molecule has 1 aromatic heterocycles. The van der Waals surface area contributed by atoms with Gasteiger partial charge in [0.1, 0.15) is 5.82 Å². The molecule has 2 atom stereocenters. The van der Waals surface area contributed by atoms with Gasteiger partial charge in [-0.05, 0) is 37.5 Å². The van der Waals surface area contributed by atoms with Crippen LogP contribution in [-0.4, -0.2) is 33.6 Å². The summed E-state index contributed by atoms with van der Waals surface area (Å²) in [7, 11) is 0. The Morgan fingerprint density at radius 3 is 3.35 bits per heavy atom. The topological polar surface area (TPSA) is 29.9 Å². The molecule has 0 aromatic carbocycles. The molecule has 2 aliphatic rings. The first-order valence-corrected chi connectivity index (χ1v) is 7.88. The maximum atomic E-state index is 4.38. The van der Waals surface area contributed by atoms with E-state index in [1.54, 1.807) is 0 Å². The van der Waals surface area contributed by atoms with Gasteiger partial charge in [0.15, 0.2) is 0 Å². The van der Waals surface area contributed by atoms with E-state index in [1.807, 2.05) is 6.20 Å². The normalized spacial score (nSPS) is 28.9. The monoisotopic (exact) mass is 251 g/mol. The zero-order valence-corrected chi connectivity index (χ0v) is 11.1. The van der Waals surface area contributed by atoms with Crippen LogP contribution < -0.4 is 5.32 Å². The molecular formula is C13H21N3S. The fourth-order valence-electron chi connectivity index (χ4n) is 2.84. The molecule has 0 aliphatic carbocycles. The van der Waals surface area contributed by atoms with Crippen LogP contribution in [0, 0.1) is 5.92 Å². The fourth-order valence-corrected chi connectivity index (χ4v) is 3.95. The van der Waals surface area contributed by atoms with Gasteiger partial charge in [0, 0.05) is 37.2 Å². The number of fused-ring (bicyclic) bond motifs is 1. The standard InChI is InChI=1S/C13H21N3S/c1-2-12(10-17-7-1)15-8-11-3-4-13-14-5-6-16(13)9-11/h5-6,11-12,15H,1-4,7-10H2. The van der Waals surface area contributed by atoms with Crippen molar-refractivity contribution in [3.8, 4) is 0 Å². The maximum Gasteiger partial charge on any atom is 0.108 e. The third-order valence-corrected chi connectivity index (χ3v) is 5.10. The molecule has 94 valence electrons. The lowest BCUT2D eigenvalue weighted by Crippen LogP contribution is -2.39. The van der Waals surface area contributed by atoms with E-state index >= 15 is 0 Å². The number of nitrogens with zero attached hydrogens (tertiary/aromatic N) is 2. The summed E-state index contributed by atoms with van der Waals surface area (Å²) in [5, 5.41) is 3.76. The molecule has 3 rings (SSSR count). The van der Waals surface area contributed by atoms with E-state index < -0.39 is 0 Å². The van der Waals surface area contributed by atoms with Crippen LogP contribution in [0.2, 0.25) is 0 Å². The SMILES string of the molecule is c1cn2c(n1)CCC(CNC1CCCSC1)C2. The van der Waals surface area contributed by atoms with Crippen molar-refractivity contribution >= 4 is 11.8 Å². The Bertz CT molecular complexity index is 357. The quantitative estimate of drug-likeness (QED) is 0.890. The summed E-state index contributed by atoms with van der Waals surface area (Å²) in [5.74, 6) is 4.74. The van der Waals surface area contributed by atoms with Crippen LogP contribution in [0.4, 0.5) is 0 Å². The molecule has 3 nitrogen and oxygen atoms in total. The van der Waals surface area contributed by atoms with Gasteiger partial charge in [-0.25, -0.2) is 4.98 Å². The van der Waals surface area contributed by atoms with Gasteiger partial charge >= 0.3 is 0 Å². The molecule has 0 spiro atoms. The summed E-state index contributed by atoms with van der Waals surface area (Å²) < 4.78 is 2.32. The minimum Gasteiger partial charge on any atom is -0.335 e. The van der Waals surface area contributed by atoms with Crippen LogP contribution in [0.3, 0.4) is 0 Å². The van der Waals surface area contributed by atoms with Crippen LogP contribution >= 0.6 is 11.8 Å². The predicted octanol–water partition coefficient (Wildman–Crippen LogP) is 1.93. The minimum atomic E-state index is 0.762. The van der Waals surface area contributed by atoms with Crippen molar-refractivity contribution in [1.29, 1.82) is 0 Å². The smallest absolute Gasteiger partial charge is 0.108 e. The molecule has 0 radical (unpaired) electrons. The number of hydrogen-bond donors (Lipinski definition) is 1. The van der Waals surface area contributed by atoms with E-state index in [0.29, 0.717) is 0 Å². The van der Waals surface area contributed by atoms with Gasteiger partial charge in [-0.15, -0.1) is 0 Å². The summed E-state index contributed by atoms with van der Waals surface area (Å²) in [5.41, 5.74) is 0. The molecule has 2 aliphatic heterocycles. The molecule has 2 unspecified atom stereocenters. The molecule has 17 heavy (non-hydrogen) atoms. The second-order valence-electron chi connectivity index (χ2n) is 5.22. The van der Waals surface area contributed by atoms with E-state index in [-0.39, 0.29) is 0 Å². The summed E-state index contributed by atoms with van der Waals surface area (Å²) >= 11 is 2.10. The van der Waals surface area contributed by atoms with Crippen molar-refractivity contribution in [2.75, 3.05) is 18.1 Å². The number of hydrogen-bond acceptors (Lipinski definition) is 3. The van der Waals surface area contributed by atoms with Gasteiger partial charge < -0.3 is 9.88 Å². The number of imidazole rings is 1.